The van der Waals surface area contributed by atoms with E-state index in [9.17, 15) is 17.4 Å². The van der Waals surface area contributed by atoms with Crippen molar-refractivity contribution in [2.75, 3.05) is 6.54 Å². The normalized spacial score (nSPS) is 16.7. The van der Waals surface area contributed by atoms with Crippen LogP contribution < -0.4 is 0 Å². The summed E-state index contributed by atoms with van der Waals surface area (Å²) < 4.78 is 59.5. The van der Waals surface area contributed by atoms with Crippen molar-refractivity contribution in [2.45, 2.75) is 30.6 Å². The Morgan fingerprint density at radius 2 is 1.88 bits per heavy atom. The van der Waals surface area contributed by atoms with E-state index in [0.29, 0.717) is 24.4 Å². The highest BCUT2D eigenvalue weighted by atomic mass is 32.2. The van der Waals surface area contributed by atoms with E-state index in [4.69, 9.17) is 4.55 Å². The summed E-state index contributed by atoms with van der Waals surface area (Å²) in [5, 5.41) is 0. The van der Waals surface area contributed by atoms with Gasteiger partial charge in [0.15, 0.2) is 11.1 Å². The molecule has 0 spiro atoms. The molecule has 0 bridgehead atoms. The van der Waals surface area contributed by atoms with Gasteiger partial charge in [0, 0.05) is 19.6 Å². The predicted molar refractivity (Wildman–Crippen MR) is 84.7 cm³/mol. The van der Waals surface area contributed by atoms with Crippen LogP contribution in [0.4, 0.5) is 13.2 Å². The molecule has 7 heteroatoms. The molecule has 1 heterocycles. The van der Waals surface area contributed by atoms with Gasteiger partial charge in [0.05, 0.1) is 10.5 Å². The smallest absolute Gasteiger partial charge is 0.302 e. The van der Waals surface area contributed by atoms with Crippen molar-refractivity contribution < 1.29 is 21.9 Å². The van der Waals surface area contributed by atoms with E-state index in [0.717, 1.165) is 17.2 Å². The van der Waals surface area contributed by atoms with Gasteiger partial charge in [-0.05, 0) is 41.3 Å². The fraction of sp³-hybridized carbons (Fsp3) is 0.294. The van der Waals surface area contributed by atoms with Gasteiger partial charge in [0.1, 0.15) is 0 Å². The molecule has 0 aliphatic carbocycles. The molecule has 0 radical (unpaired) electrons. The van der Waals surface area contributed by atoms with Crippen LogP contribution in [0.25, 0.3) is 0 Å². The molecule has 1 unspecified atom stereocenters. The average molecular weight is 355 g/mol. The molecule has 0 fully saturated rings. The van der Waals surface area contributed by atoms with Crippen LogP contribution in [0.2, 0.25) is 0 Å². The largest absolute Gasteiger partial charge is 0.416 e. The van der Waals surface area contributed by atoms with Crippen LogP contribution in [0.15, 0.2) is 47.4 Å². The van der Waals surface area contributed by atoms with Crippen molar-refractivity contribution in [2.24, 2.45) is 0 Å². The summed E-state index contributed by atoms with van der Waals surface area (Å²) in [6.45, 7) is 1.36. The molecule has 2 aromatic carbocycles. The van der Waals surface area contributed by atoms with Gasteiger partial charge in [-0.15, -0.1) is 0 Å². The SMILES string of the molecule is O=S(O)c1ccc2c(c1)CCN(Cc1ccccc1C(F)(F)F)C2. The van der Waals surface area contributed by atoms with Crippen LogP contribution in [0.1, 0.15) is 22.3 Å². The van der Waals surface area contributed by atoms with Crippen LogP contribution in [0, 0.1) is 0 Å². The molecule has 24 heavy (non-hydrogen) atoms. The molecule has 1 aliphatic heterocycles. The van der Waals surface area contributed by atoms with Gasteiger partial charge in [-0.2, -0.15) is 13.2 Å². The van der Waals surface area contributed by atoms with Crippen molar-refractivity contribution in [3.63, 3.8) is 0 Å². The second kappa shape index (κ2) is 6.66. The van der Waals surface area contributed by atoms with E-state index in [1.807, 2.05) is 4.90 Å². The van der Waals surface area contributed by atoms with Crippen LogP contribution in [0.3, 0.4) is 0 Å². The molecule has 0 saturated carbocycles. The van der Waals surface area contributed by atoms with E-state index in [2.05, 4.69) is 0 Å². The van der Waals surface area contributed by atoms with Gasteiger partial charge in [-0.1, -0.05) is 24.3 Å². The van der Waals surface area contributed by atoms with Crippen molar-refractivity contribution in [3.8, 4) is 0 Å². The number of nitrogens with zero attached hydrogens (tertiary/aromatic N) is 1. The molecule has 3 nitrogen and oxygen atoms in total. The fourth-order valence-corrected chi connectivity index (χ4v) is 3.43. The second-order valence-electron chi connectivity index (χ2n) is 5.80. The molecule has 0 amide bonds. The first-order valence-electron chi connectivity index (χ1n) is 7.45. The van der Waals surface area contributed by atoms with Gasteiger partial charge in [0.25, 0.3) is 0 Å². The lowest BCUT2D eigenvalue weighted by Crippen LogP contribution is -2.31. The average Bonchev–Trinajstić information content (AvgIpc) is 2.53. The van der Waals surface area contributed by atoms with Crippen LogP contribution in [0.5, 0.6) is 0 Å². The molecule has 0 saturated heterocycles. The van der Waals surface area contributed by atoms with E-state index in [1.54, 1.807) is 24.3 Å². The van der Waals surface area contributed by atoms with E-state index in [1.165, 1.54) is 12.1 Å². The van der Waals surface area contributed by atoms with Crippen LogP contribution >= 0.6 is 0 Å². The molecular formula is C17H16F3NO2S. The maximum Gasteiger partial charge on any atom is 0.416 e. The highest BCUT2D eigenvalue weighted by Gasteiger charge is 2.33. The third-order valence-corrected chi connectivity index (χ3v) is 4.84. The molecule has 1 aliphatic rings. The highest BCUT2D eigenvalue weighted by molar-refractivity contribution is 7.79. The van der Waals surface area contributed by atoms with Gasteiger partial charge in [-0.3, -0.25) is 4.90 Å². The Kier molecular flexibility index (Phi) is 4.76. The molecule has 1 N–H and O–H groups in total. The number of alkyl halides is 3. The van der Waals surface area contributed by atoms with Crippen molar-refractivity contribution in [1.29, 1.82) is 0 Å². The molecule has 2 aromatic rings. The summed E-state index contributed by atoms with van der Waals surface area (Å²) in [6.07, 6.45) is -3.71. The van der Waals surface area contributed by atoms with Gasteiger partial charge in [0.2, 0.25) is 0 Å². The van der Waals surface area contributed by atoms with Crippen molar-refractivity contribution in [3.05, 3.63) is 64.7 Å². The number of hydrogen-bond donors (Lipinski definition) is 1. The zero-order chi connectivity index (χ0) is 17.3. The maximum absolute atomic E-state index is 13.1. The first kappa shape index (κ1) is 17.1. The molecule has 1 atom stereocenters. The van der Waals surface area contributed by atoms with E-state index < -0.39 is 22.8 Å². The van der Waals surface area contributed by atoms with Crippen LogP contribution in [-0.4, -0.2) is 20.2 Å². The van der Waals surface area contributed by atoms with Crippen molar-refractivity contribution in [1.82, 2.24) is 4.90 Å². The summed E-state index contributed by atoms with van der Waals surface area (Å²) in [5.74, 6) is 0. The first-order valence-corrected chi connectivity index (χ1v) is 8.55. The summed E-state index contributed by atoms with van der Waals surface area (Å²) in [5.41, 5.74) is 1.64. The fourth-order valence-electron chi connectivity index (χ4n) is 3.01. The highest BCUT2D eigenvalue weighted by Crippen LogP contribution is 2.33. The Balaban J connectivity index is 1.79. The third-order valence-electron chi connectivity index (χ3n) is 4.19. The molecule has 3 rings (SSSR count). The van der Waals surface area contributed by atoms with E-state index >= 15 is 0 Å². The second-order valence-corrected chi connectivity index (χ2v) is 6.76. The number of halogens is 3. The topological polar surface area (TPSA) is 40.5 Å². The van der Waals surface area contributed by atoms with Crippen molar-refractivity contribution >= 4 is 11.1 Å². The molecule has 128 valence electrons. The van der Waals surface area contributed by atoms with Crippen LogP contribution in [-0.2, 0) is 36.8 Å². The number of benzene rings is 2. The Hall–Kier alpha value is -1.70. The lowest BCUT2D eigenvalue weighted by Gasteiger charge is -2.29. The van der Waals surface area contributed by atoms with Gasteiger partial charge >= 0.3 is 6.18 Å². The summed E-state index contributed by atoms with van der Waals surface area (Å²) in [7, 11) is 0. The minimum atomic E-state index is -4.36. The third kappa shape index (κ3) is 3.68. The summed E-state index contributed by atoms with van der Waals surface area (Å²) in [6, 6.07) is 10.7. The standard InChI is InChI=1S/C17H16F3NO2S/c18-17(19,20)16-4-2-1-3-14(16)11-21-8-7-12-9-15(24(22)23)6-5-13(12)10-21/h1-6,9H,7-8,10-11H2,(H,22,23). The minimum absolute atomic E-state index is 0.225. The first-order chi connectivity index (χ1) is 11.3. The Bertz CT molecular complexity index is 777. The Labute approximate surface area is 140 Å². The maximum atomic E-state index is 13.1. The summed E-state index contributed by atoms with van der Waals surface area (Å²) in [4.78, 5) is 2.31. The Morgan fingerprint density at radius 1 is 1.12 bits per heavy atom. The molecular weight excluding hydrogens is 339 g/mol. The number of hydrogen-bond acceptors (Lipinski definition) is 2. The lowest BCUT2D eigenvalue weighted by molar-refractivity contribution is -0.138. The number of rotatable bonds is 3. The predicted octanol–water partition coefficient (Wildman–Crippen LogP) is 3.84. The van der Waals surface area contributed by atoms with Gasteiger partial charge in [-0.25, -0.2) is 4.21 Å². The summed E-state index contributed by atoms with van der Waals surface area (Å²) >= 11 is -2.02. The lowest BCUT2D eigenvalue weighted by atomic mass is 9.98. The minimum Gasteiger partial charge on any atom is -0.302 e. The monoisotopic (exact) mass is 355 g/mol. The van der Waals surface area contributed by atoms with Gasteiger partial charge < -0.3 is 4.55 Å². The number of fused-ring (bicyclic) bond motifs is 1. The zero-order valence-electron chi connectivity index (χ0n) is 12.7. The van der Waals surface area contributed by atoms with E-state index in [-0.39, 0.29) is 12.1 Å². The Morgan fingerprint density at radius 3 is 2.58 bits per heavy atom. The molecule has 0 aromatic heterocycles. The quantitative estimate of drug-likeness (QED) is 0.851. The zero-order valence-corrected chi connectivity index (χ0v) is 13.5.